The van der Waals surface area contributed by atoms with E-state index in [9.17, 15) is 4.79 Å². The summed E-state index contributed by atoms with van der Waals surface area (Å²) in [7, 11) is 0. The van der Waals surface area contributed by atoms with Crippen LogP contribution in [0.25, 0.3) is 17.1 Å². The number of rotatable bonds is 4. The molecule has 0 radical (unpaired) electrons. The van der Waals surface area contributed by atoms with Crippen LogP contribution in [-0.4, -0.2) is 38.9 Å². The first-order chi connectivity index (χ1) is 13.7. The third-order valence-electron chi connectivity index (χ3n) is 4.65. The van der Waals surface area contributed by atoms with Gasteiger partial charge < -0.3 is 14.2 Å². The monoisotopic (exact) mass is 395 g/mol. The smallest absolute Gasteiger partial charge is 0.319 e. The Kier molecular flexibility index (Phi) is 4.20. The molecule has 28 heavy (non-hydrogen) atoms. The molecule has 3 heterocycles. The number of hydrogen-bond donors (Lipinski definition) is 0. The Bertz CT molecular complexity index is 1040. The lowest BCUT2D eigenvalue weighted by Gasteiger charge is -2.11. The fourth-order valence-electron chi connectivity index (χ4n) is 3.32. The summed E-state index contributed by atoms with van der Waals surface area (Å²) < 4.78 is 18.1. The molecule has 2 aromatic carbocycles. The number of cyclic esters (lactones) is 1. The number of hydrogen-bond acceptors (Lipinski definition) is 7. The van der Waals surface area contributed by atoms with Gasteiger partial charge in [-0.15, -0.1) is 10.2 Å². The summed E-state index contributed by atoms with van der Waals surface area (Å²) in [5, 5.41) is 9.16. The van der Waals surface area contributed by atoms with Crippen LogP contribution >= 0.6 is 11.8 Å². The van der Waals surface area contributed by atoms with Crippen LogP contribution in [0.15, 0.2) is 53.7 Å². The van der Waals surface area contributed by atoms with Gasteiger partial charge in [-0.2, -0.15) is 0 Å². The molecule has 7 nitrogen and oxygen atoms in total. The summed E-state index contributed by atoms with van der Waals surface area (Å²) >= 11 is 1.38. The van der Waals surface area contributed by atoms with Crippen LogP contribution in [0.4, 0.5) is 0 Å². The average molecular weight is 395 g/mol. The van der Waals surface area contributed by atoms with Crippen molar-refractivity contribution >= 4 is 17.7 Å². The van der Waals surface area contributed by atoms with Crippen LogP contribution in [0.5, 0.6) is 11.5 Å². The second-order valence-electron chi connectivity index (χ2n) is 6.63. The third-order valence-corrected chi connectivity index (χ3v) is 5.80. The molecule has 0 aliphatic carbocycles. The molecule has 2 aliphatic heterocycles. The maximum atomic E-state index is 12.1. The molecule has 0 amide bonds. The second kappa shape index (κ2) is 6.87. The number of nitrogens with zero attached hydrogens (tertiary/aromatic N) is 3. The standard InChI is InChI=1S/C20H17N3O4S/c1-12-9-17(19(24)27-12)28-20-22-21-18(23(20)14-5-3-2-4-6-14)13-7-8-15-16(10-13)26-11-25-15/h2-8,10,12,17H,9,11H2,1H3/t12-,17-/m1/s1. The minimum absolute atomic E-state index is 0.0774. The number of ether oxygens (including phenoxy) is 3. The van der Waals surface area contributed by atoms with Crippen molar-refractivity contribution in [2.45, 2.75) is 29.9 Å². The summed E-state index contributed by atoms with van der Waals surface area (Å²) in [4.78, 5) is 12.1. The molecule has 0 saturated carbocycles. The molecule has 0 N–H and O–H groups in total. The van der Waals surface area contributed by atoms with Crippen molar-refractivity contribution in [1.82, 2.24) is 14.8 Å². The van der Waals surface area contributed by atoms with E-state index in [0.29, 0.717) is 28.9 Å². The van der Waals surface area contributed by atoms with Crippen molar-refractivity contribution < 1.29 is 19.0 Å². The fraction of sp³-hybridized carbons (Fsp3) is 0.250. The van der Waals surface area contributed by atoms with E-state index in [1.54, 1.807) is 0 Å². The molecular weight excluding hydrogens is 378 g/mol. The van der Waals surface area contributed by atoms with Crippen molar-refractivity contribution in [1.29, 1.82) is 0 Å². The van der Waals surface area contributed by atoms with Gasteiger partial charge in [0, 0.05) is 17.7 Å². The number of thioether (sulfide) groups is 1. The van der Waals surface area contributed by atoms with Gasteiger partial charge in [0.2, 0.25) is 6.79 Å². The van der Waals surface area contributed by atoms with Gasteiger partial charge in [-0.1, -0.05) is 30.0 Å². The molecule has 3 aromatic rings. The molecule has 1 aromatic heterocycles. The van der Waals surface area contributed by atoms with E-state index in [-0.39, 0.29) is 24.1 Å². The number of esters is 1. The number of carbonyl (C=O) groups excluding carboxylic acids is 1. The Morgan fingerprint density at radius 2 is 1.89 bits per heavy atom. The molecule has 2 atom stereocenters. The zero-order valence-electron chi connectivity index (χ0n) is 15.1. The predicted octanol–water partition coefficient (Wildman–Crippen LogP) is 3.46. The zero-order valence-corrected chi connectivity index (χ0v) is 15.9. The van der Waals surface area contributed by atoms with Gasteiger partial charge in [0.25, 0.3) is 0 Å². The van der Waals surface area contributed by atoms with Crippen molar-refractivity contribution in [3.05, 3.63) is 48.5 Å². The molecule has 8 heteroatoms. The summed E-state index contributed by atoms with van der Waals surface area (Å²) in [6.45, 7) is 2.12. The van der Waals surface area contributed by atoms with Gasteiger partial charge in [-0.25, -0.2) is 0 Å². The van der Waals surface area contributed by atoms with Gasteiger partial charge in [-0.3, -0.25) is 9.36 Å². The van der Waals surface area contributed by atoms with Crippen molar-refractivity contribution in [3.63, 3.8) is 0 Å². The minimum atomic E-state index is -0.286. The van der Waals surface area contributed by atoms with Crippen molar-refractivity contribution in [2.24, 2.45) is 0 Å². The summed E-state index contributed by atoms with van der Waals surface area (Å²) in [5.74, 6) is 1.87. The maximum absolute atomic E-state index is 12.1. The molecule has 1 saturated heterocycles. The van der Waals surface area contributed by atoms with E-state index in [2.05, 4.69) is 10.2 Å². The van der Waals surface area contributed by atoms with Gasteiger partial charge in [0.05, 0.1) is 0 Å². The highest BCUT2D eigenvalue weighted by Gasteiger charge is 2.34. The van der Waals surface area contributed by atoms with Gasteiger partial charge >= 0.3 is 5.97 Å². The van der Waals surface area contributed by atoms with Crippen LogP contribution in [0.1, 0.15) is 13.3 Å². The molecule has 1 fully saturated rings. The molecular formula is C20H17N3O4S. The first-order valence-electron chi connectivity index (χ1n) is 8.97. The number of fused-ring (bicyclic) bond motifs is 1. The number of carbonyl (C=O) groups is 1. The highest BCUT2D eigenvalue weighted by molar-refractivity contribution is 8.00. The summed E-state index contributed by atoms with van der Waals surface area (Å²) in [6, 6.07) is 15.5. The molecule has 142 valence electrons. The zero-order chi connectivity index (χ0) is 19.1. The van der Waals surface area contributed by atoms with Crippen molar-refractivity contribution in [3.8, 4) is 28.6 Å². The lowest BCUT2D eigenvalue weighted by atomic mass is 10.2. The van der Waals surface area contributed by atoms with Gasteiger partial charge in [0.15, 0.2) is 22.5 Å². The topological polar surface area (TPSA) is 75.5 Å². The number of benzene rings is 2. The summed E-state index contributed by atoms with van der Waals surface area (Å²) in [5.41, 5.74) is 1.77. The minimum Gasteiger partial charge on any atom is -0.462 e. The molecule has 0 unspecified atom stereocenters. The highest BCUT2D eigenvalue weighted by Crippen LogP contribution is 2.38. The van der Waals surface area contributed by atoms with Crippen LogP contribution in [0, 0.1) is 0 Å². The molecule has 2 aliphatic rings. The molecule has 0 bridgehead atoms. The van der Waals surface area contributed by atoms with E-state index < -0.39 is 0 Å². The van der Waals surface area contributed by atoms with Crippen LogP contribution in [-0.2, 0) is 9.53 Å². The van der Waals surface area contributed by atoms with Crippen LogP contribution < -0.4 is 9.47 Å². The highest BCUT2D eigenvalue weighted by atomic mass is 32.2. The Labute approximate surface area is 165 Å². The average Bonchev–Trinajstić information content (AvgIpc) is 3.41. The second-order valence-corrected chi connectivity index (χ2v) is 7.80. The van der Waals surface area contributed by atoms with E-state index in [1.165, 1.54) is 11.8 Å². The fourth-order valence-corrected chi connectivity index (χ4v) is 4.48. The Balaban J connectivity index is 1.58. The number of aromatic nitrogens is 3. The van der Waals surface area contributed by atoms with Gasteiger partial charge in [-0.05, 0) is 37.3 Å². The SMILES string of the molecule is C[C@@H]1C[C@@H](Sc2nnc(-c3ccc4c(c3)OCO4)n2-c2ccccc2)C(=O)O1. The third kappa shape index (κ3) is 2.99. The van der Waals surface area contributed by atoms with E-state index >= 15 is 0 Å². The number of para-hydroxylation sites is 1. The summed E-state index contributed by atoms with van der Waals surface area (Å²) in [6.07, 6.45) is 0.580. The van der Waals surface area contributed by atoms with Crippen molar-refractivity contribution in [2.75, 3.05) is 6.79 Å². The lowest BCUT2D eigenvalue weighted by molar-refractivity contribution is -0.140. The lowest BCUT2D eigenvalue weighted by Crippen LogP contribution is -2.11. The van der Waals surface area contributed by atoms with E-state index in [0.717, 1.165) is 11.3 Å². The van der Waals surface area contributed by atoms with E-state index in [1.807, 2.05) is 60.0 Å². The Morgan fingerprint density at radius 1 is 1.07 bits per heavy atom. The first kappa shape index (κ1) is 17.1. The van der Waals surface area contributed by atoms with E-state index in [4.69, 9.17) is 14.2 Å². The quantitative estimate of drug-likeness (QED) is 0.626. The molecule has 5 rings (SSSR count). The van der Waals surface area contributed by atoms with Crippen LogP contribution in [0.2, 0.25) is 0 Å². The first-order valence-corrected chi connectivity index (χ1v) is 9.85. The Morgan fingerprint density at radius 3 is 2.68 bits per heavy atom. The van der Waals surface area contributed by atoms with Crippen LogP contribution in [0.3, 0.4) is 0 Å². The molecule has 0 spiro atoms. The van der Waals surface area contributed by atoms with Gasteiger partial charge in [0.1, 0.15) is 11.4 Å². The Hall–Kier alpha value is -3.00. The largest absolute Gasteiger partial charge is 0.462 e. The predicted molar refractivity (Wildman–Crippen MR) is 103 cm³/mol. The normalized spacial score (nSPS) is 20.4. The maximum Gasteiger partial charge on any atom is 0.319 e.